The number of nitrogens with one attached hydrogen (secondary N) is 1. The molecule has 0 aliphatic heterocycles. The van der Waals surface area contributed by atoms with Crippen LogP contribution in [0.25, 0.3) is 0 Å². The van der Waals surface area contributed by atoms with Gasteiger partial charge in [0.05, 0.1) is 10.6 Å². The number of aryl methyl sites for hydroxylation is 2. The van der Waals surface area contributed by atoms with E-state index < -0.39 is 28.5 Å². The van der Waals surface area contributed by atoms with Gasteiger partial charge >= 0.3 is 0 Å². The first kappa shape index (κ1) is 29.3. The minimum absolute atomic E-state index is 0.0949. The number of amides is 2. The first-order chi connectivity index (χ1) is 19.1. The van der Waals surface area contributed by atoms with E-state index in [4.69, 9.17) is 0 Å². The van der Waals surface area contributed by atoms with Gasteiger partial charge in [-0.1, -0.05) is 79.4 Å². The number of hydrogen-bond acceptors (Lipinski definition) is 4. The van der Waals surface area contributed by atoms with Crippen LogP contribution in [0.4, 0.5) is 5.69 Å². The van der Waals surface area contributed by atoms with E-state index >= 15 is 0 Å². The molecular weight excluding hydrogens is 522 g/mol. The SMILES string of the molecule is Cc1ccc(CN(C(=O)CN(c2cccc(C)c2)S(=O)(=O)c2ccccc2)[C@@H](C)C(=O)NC2CCCCC2)cc1. The smallest absolute Gasteiger partial charge is 0.264 e. The van der Waals surface area contributed by atoms with Crippen LogP contribution in [0, 0.1) is 13.8 Å². The van der Waals surface area contributed by atoms with Crippen molar-refractivity contribution in [2.45, 2.75) is 76.4 Å². The third-order valence-electron chi connectivity index (χ3n) is 7.49. The summed E-state index contributed by atoms with van der Waals surface area (Å²) in [5.74, 6) is -0.673. The van der Waals surface area contributed by atoms with Gasteiger partial charge in [-0.2, -0.15) is 0 Å². The zero-order chi connectivity index (χ0) is 28.7. The molecule has 1 N–H and O–H groups in total. The quantitative estimate of drug-likeness (QED) is 0.361. The fourth-order valence-corrected chi connectivity index (χ4v) is 6.50. The molecule has 1 saturated carbocycles. The number of hydrogen-bond donors (Lipinski definition) is 1. The summed E-state index contributed by atoms with van der Waals surface area (Å²) in [5, 5.41) is 3.13. The van der Waals surface area contributed by atoms with Gasteiger partial charge in [0.15, 0.2) is 0 Å². The van der Waals surface area contributed by atoms with Gasteiger partial charge in [-0.25, -0.2) is 8.42 Å². The number of carbonyl (C=O) groups is 2. The third-order valence-corrected chi connectivity index (χ3v) is 9.28. The highest BCUT2D eigenvalue weighted by molar-refractivity contribution is 7.92. The summed E-state index contributed by atoms with van der Waals surface area (Å²) in [7, 11) is -4.06. The average Bonchev–Trinajstić information content (AvgIpc) is 2.96. The Morgan fingerprint density at radius 2 is 1.55 bits per heavy atom. The Morgan fingerprint density at radius 1 is 0.875 bits per heavy atom. The average molecular weight is 562 g/mol. The maximum atomic E-state index is 14.0. The molecule has 0 spiro atoms. The molecule has 0 radical (unpaired) electrons. The fourth-order valence-electron chi connectivity index (χ4n) is 5.07. The van der Waals surface area contributed by atoms with Gasteiger partial charge in [-0.05, 0) is 69.0 Å². The minimum atomic E-state index is -4.06. The lowest BCUT2D eigenvalue weighted by Gasteiger charge is -2.33. The number of carbonyl (C=O) groups excluding carboxylic acids is 2. The van der Waals surface area contributed by atoms with Gasteiger partial charge in [-0.15, -0.1) is 0 Å². The van der Waals surface area contributed by atoms with Crippen LogP contribution in [0.3, 0.4) is 0 Å². The maximum absolute atomic E-state index is 14.0. The Balaban J connectivity index is 1.66. The van der Waals surface area contributed by atoms with Crippen LogP contribution >= 0.6 is 0 Å². The summed E-state index contributed by atoms with van der Waals surface area (Å²) in [6.07, 6.45) is 5.19. The van der Waals surface area contributed by atoms with Crippen molar-refractivity contribution in [3.63, 3.8) is 0 Å². The Morgan fingerprint density at radius 3 is 2.20 bits per heavy atom. The number of sulfonamides is 1. The summed E-state index contributed by atoms with van der Waals surface area (Å²) < 4.78 is 28.8. The van der Waals surface area contributed by atoms with Crippen LogP contribution in [0.5, 0.6) is 0 Å². The van der Waals surface area contributed by atoms with Crippen LogP contribution in [-0.2, 0) is 26.2 Å². The molecule has 3 aromatic carbocycles. The zero-order valence-corrected chi connectivity index (χ0v) is 24.4. The summed E-state index contributed by atoms with van der Waals surface area (Å²) >= 11 is 0. The van der Waals surface area contributed by atoms with Crippen molar-refractivity contribution in [1.29, 1.82) is 0 Å². The molecule has 0 unspecified atom stereocenters. The van der Waals surface area contributed by atoms with E-state index in [1.54, 1.807) is 43.3 Å². The van der Waals surface area contributed by atoms with Crippen molar-refractivity contribution in [3.8, 4) is 0 Å². The second-order valence-corrected chi connectivity index (χ2v) is 12.6. The number of anilines is 1. The van der Waals surface area contributed by atoms with Crippen molar-refractivity contribution in [2.24, 2.45) is 0 Å². The monoisotopic (exact) mass is 561 g/mol. The van der Waals surface area contributed by atoms with E-state index in [2.05, 4.69) is 5.32 Å². The minimum Gasteiger partial charge on any atom is -0.352 e. The Kier molecular flexibility index (Phi) is 9.63. The van der Waals surface area contributed by atoms with Gasteiger partial charge in [0.1, 0.15) is 12.6 Å². The van der Waals surface area contributed by atoms with Crippen molar-refractivity contribution in [1.82, 2.24) is 10.2 Å². The van der Waals surface area contributed by atoms with Crippen LogP contribution in [-0.4, -0.2) is 43.8 Å². The second-order valence-electron chi connectivity index (χ2n) is 10.7. The van der Waals surface area contributed by atoms with E-state index in [0.29, 0.717) is 5.69 Å². The summed E-state index contributed by atoms with van der Waals surface area (Å²) in [6.45, 7) is 5.33. The molecule has 40 heavy (non-hydrogen) atoms. The molecule has 1 atom stereocenters. The Bertz CT molecular complexity index is 1400. The van der Waals surface area contributed by atoms with Crippen LogP contribution in [0.15, 0.2) is 83.8 Å². The highest BCUT2D eigenvalue weighted by atomic mass is 32.2. The standard InChI is InChI=1S/C32H39N3O4S/c1-24-17-19-27(20-18-24)22-34(26(3)32(37)33-28-12-6-4-7-13-28)31(36)23-35(29-14-10-11-25(2)21-29)40(38,39)30-15-8-5-9-16-30/h5,8-11,14-21,26,28H,4,6-7,12-13,22-23H2,1-3H3,(H,33,37)/t26-/m0/s1. The molecule has 4 rings (SSSR count). The molecule has 0 saturated heterocycles. The lowest BCUT2D eigenvalue weighted by Crippen LogP contribution is -2.53. The molecular formula is C32H39N3O4S. The van der Waals surface area contributed by atoms with E-state index in [-0.39, 0.29) is 23.4 Å². The molecule has 7 nitrogen and oxygen atoms in total. The first-order valence-corrected chi connectivity index (χ1v) is 15.4. The molecule has 212 valence electrons. The van der Waals surface area contributed by atoms with Gasteiger partial charge < -0.3 is 10.2 Å². The topological polar surface area (TPSA) is 86.8 Å². The molecule has 1 fully saturated rings. The maximum Gasteiger partial charge on any atom is 0.264 e. The second kappa shape index (κ2) is 13.1. The number of benzene rings is 3. The summed E-state index contributed by atoms with van der Waals surface area (Å²) in [6, 6.07) is 22.3. The third kappa shape index (κ3) is 7.30. The highest BCUT2D eigenvalue weighted by Gasteiger charge is 2.33. The molecule has 8 heteroatoms. The van der Waals surface area contributed by atoms with E-state index in [1.165, 1.54) is 23.5 Å². The van der Waals surface area contributed by atoms with E-state index in [0.717, 1.165) is 46.7 Å². The Labute approximate surface area is 238 Å². The number of nitrogens with zero attached hydrogens (tertiary/aromatic N) is 2. The van der Waals surface area contributed by atoms with Gasteiger partial charge in [0.2, 0.25) is 11.8 Å². The zero-order valence-electron chi connectivity index (χ0n) is 23.5. The van der Waals surface area contributed by atoms with Crippen LogP contribution < -0.4 is 9.62 Å². The lowest BCUT2D eigenvalue weighted by atomic mass is 9.95. The van der Waals surface area contributed by atoms with Crippen molar-refractivity contribution >= 4 is 27.5 Å². The molecule has 0 aromatic heterocycles. The van der Waals surface area contributed by atoms with E-state index in [1.807, 2.05) is 44.2 Å². The van der Waals surface area contributed by atoms with Gasteiger partial charge in [0, 0.05) is 12.6 Å². The molecule has 2 amide bonds. The molecule has 0 heterocycles. The molecule has 3 aromatic rings. The highest BCUT2D eigenvalue weighted by Crippen LogP contribution is 2.25. The van der Waals surface area contributed by atoms with E-state index in [9.17, 15) is 18.0 Å². The number of rotatable bonds is 10. The normalized spacial score (nSPS) is 14.8. The van der Waals surface area contributed by atoms with Crippen LogP contribution in [0.2, 0.25) is 0 Å². The lowest BCUT2D eigenvalue weighted by molar-refractivity contribution is -0.139. The van der Waals surface area contributed by atoms with Crippen molar-refractivity contribution < 1.29 is 18.0 Å². The Hall–Kier alpha value is -3.65. The largest absolute Gasteiger partial charge is 0.352 e. The van der Waals surface area contributed by atoms with Gasteiger partial charge in [0.25, 0.3) is 10.0 Å². The van der Waals surface area contributed by atoms with Crippen LogP contribution in [0.1, 0.15) is 55.7 Å². The predicted octanol–water partition coefficient (Wildman–Crippen LogP) is 5.36. The van der Waals surface area contributed by atoms with Crippen molar-refractivity contribution in [2.75, 3.05) is 10.8 Å². The van der Waals surface area contributed by atoms with Gasteiger partial charge in [-0.3, -0.25) is 13.9 Å². The van der Waals surface area contributed by atoms with Crippen molar-refractivity contribution in [3.05, 3.63) is 95.6 Å². The predicted molar refractivity (Wildman–Crippen MR) is 158 cm³/mol. The fraction of sp³-hybridized carbons (Fsp3) is 0.375. The summed E-state index contributed by atoms with van der Waals surface area (Å²) in [5.41, 5.74) is 3.22. The summed E-state index contributed by atoms with van der Waals surface area (Å²) in [4.78, 5) is 29.0. The molecule has 0 bridgehead atoms. The first-order valence-electron chi connectivity index (χ1n) is 13.9. The molecule has 1 aliphatic rings. The molecule has 1 aliphatic carbocycles.